The minimum absolute atomic E-state index is 0. The third-order valence-corrected chi connectivity index (χ3v) is 3.62. The molecule has 0 aromatic carbocycles. The van der Waals surface area contributed by atoms with Gasteiger partial charge in [-0.1, -0.05) is 0 Å². The highest BCUT2D eigenvalue weighted by atomic mass is 35.5. The maximum absolute atomic E-state index is 12.2. The molecule has 6 heteroatoms. The van der Waals surface area contributed by atoms with Crippen LogP contribution in [0.5, 0.6) is 0 Å². The molecule has 0 bridgehead atoms. The first kappa shape index (κ1) is 19.6. The van der Waals surface area contributed by atoms with Crippen molar-refractivity contribution in [2.45, 2.75) is 25.7 Å². The average molecular weight is 309 g/mol. The van der Waals surface area contributed by atoms with E-state index in [1.165, 1.54) is 6.42 Å². The Bertz CT molecular complexity index is 249. The molecule has 0 spiro atoms. The fraction of sp³-hybridized carbons (Fsp3) is 0.929. The number of carbonyl (C=O) groups is 1. The van der Waals surface area contributed by atoms with E-state index in [4.69, 9.17) is 9.47 Å². The molecule has 20 heavy (non-hydrogen) atoms. The van der Waals surface area contributed by atoms with Crippen LogP contribution in [0.1, 0.15) is 25.7 Å². The van der Waals surface area contributed by atoms with Gasteiger partial charge in [0, 0.05) is 40.3 Å². The molecule has 1 unspecified atom stereocenters. The van der Waals surface area contributed by atoms with Crippen molar-refractivity contribution in [3.63, 3.8) is 0 Å². The number of hydrogen-bond donors (Lipinski definition) is 1. The Hall–Kier alpha value is -0.360. The Morgan fingerprint density at radius 1 is 1.25 bits per heavy atom. The van der Waals surface area contributed by atoms with Crippen molar-refractivity contribution in [1.29, 1.82) is 0 Å². The van der Waals surface area contributed by atoms with Crippen molar-refractivity contribution in [3.05, 3.63) is 0 Å². The summed E-state index contributed by atoms with van der Waals surface area (Å²) in [4.78, 5) is 14.1. The number of ether oxygens (including phenoxy) is 2. The van der Waals surface area contributed by atoms with Gasteiger partial charge >= 0.3 is 0 Å². The summed E-state index contributed by atoms with van der Waals surface area (Å²) in [6.07, 6.45) is 3.74. The van der Waals surface area contributed by atoms with Crippen LogP contribution in [0, 0.1) is 5.92 Å². The number of hydrogen-bond acceptors (Lipinski definition) is 4. The van der Waals surface area contributed by atoms with E-state index < -0.39 is 0 Å². The van der Waals surface area contributed by atoms with Crippen LogP contribution < -0.4 is 5.32 Å². The molecule has 0 aromatic heterocycles. The van der Waals surface area contributed by atoms with Crippen molar-refractivity contribution < 1.29 is 14.3 Å². The lowest BCUT2D eigenvalue weighted by Gasteiger charge is -2.23. The molecule has 0 aromatic rings. The molecule has 1 heterocycles. The van der Waals surface area contributed by atoms with Gasteiger partial charge in [0.2, 0.25) is 5.91 Å². The van der Waals surface area contributed by atoms with E-state index in [1.807, 2.05) is 4.90 Å². The fourth-order valence-corrected chi connectivity index (χ4v) is 2.41. The average Bonchev–Trinajstić information content (AvgIpc) is 2.93. The smallest absolute Gasteiger partial charge is 0.222 e. The molecule has 0 aliphatic carbocycles. The van der Waals surface area contributed by atoms with Gasteiger partial charge in [-0.2, -0.15) is 0 Å². The molecule has 1 aliphatic heterocycles. The zero-order chi connectivity index (χ0) is 13.9. The molecule has 1 aliphatic rings. The van der Waals surface area contributed by atoms with Crippen LogP contribution in [-0.4, -0.2) is 64.4 Å². The minimum atomic E-state index is 0. The van der Waals surface area contributed by atoms with Crippen LogP contribution in [0.25, 0.3) is 0 Å². The highest BCUT2D eigenvalue weighted by Gasteiger charge is 2.18. The van der Waals surface area contributed by atoms with E-state index in [0.29, 0.717) is 32.1 Å². The lowest BCUT2D eigenvalue weighted by atomic mass is 10.0. The zero-order valence-corrected chi connectivity index (χ0v) is 13.5. The Kier molecular flexibility index (Phi) is 12.2. The molecule has 1 amide bonds. The van der Waals surface area contributed by atoms with Crippen LogP contribution >= 0.6 is 12.4 Å². The number of amides is 1. The van der Waals surface area contributed by atoms with Gasteiger partial charge in [-0.05, 0) is 38.3 Å². The third kappa shape index (κ3) is 8.04. The van der Waals surface area contributed by atoms with E-state index in [-0.39, 0.29) is 18.3 Å². The molecule has 0 radical (unpaired) electrons. The number of nitrogens with one attached hydrogen (secondary N) is 1. The molecule has 120 valence electrons. The first-order valence-corrected chi connectivity index (χ1v) is 7.24. The summed E-state index contributed by atoms with van der Waals surface area (Å²) in [6.45, 7) is 4.91. The summed E-state index contributed by atoms with van der Waals surface area (Å²) in [6, 6.07) is 0. The van der Waals surface area contributed by atoms with Crippen molar-refractivity contribution in [2.75, 3.05) is 53.6 Å². The molecule has 1 atom stereocenters. The second kappa shape index (κ2) is 12.4. The SMILES string of the molecule is COCCCN(CCOC)C(=O)CCC1CCNC1.Cl. The van der Waals surface area contributed by atoms with Gasteiger partial charge in [0.15, 0.2) is 0 Å². The number of halogens is 1. The van der Waals surface area contributed by atoms with Crippen molar-refractivity contribution in [3.8, 4) is 0 Å². The summed E-state index contributed by atoms with van der Waals surface area (Å²) >= 11 is 0. The highest BCUT2D eigenvalue weighted by Crippen LogP contribution is 2.15. The fourth-order valence-electron chi connectivity index (χ4n) is 2.41. The topological polar surface area (TPSA) is 50.8 Å². The van der Waals surface area contributed by atoms with Crippen molar-refractivity contribution in [1.82, 2.24) is 10.2 Å². The second-order valence-corrected chi connectivity index (χ2v) is 5.12. The third-order valence-electron chi connectivity index (χ3n) is 3.62. The Morgan fingerprint density at radius 2 is 2.00 bits per heavy atom. The van der Waals surface area contributed by atoms with Gasteiger partial charge in [-0.25, -0.2) is 0 Å². The van der Waals surface area contributed by atoms with Gasteiger partial charge < -0.3 is 19.7 Å². The van der Waals surface area contributed by atoms with E-state index in [2.05, 4.69) is 5.32 Å². The number of rotatable bonds is 10. The molecule has 5 nitrogen and oxygen atoms in total. The summed E-state index contributed by atoms with van der Waals surface area (Å²) in [5.74, 6) is 0.923. The zero-order valence-electron chi connectivity index (χ0n) is 12.7. The number of carbonyl (C=O) groups excluding carboxylic acids is 1. The van der Waals surface area contributed by atoms with Gasteiger partial charge in [-0.15, -0.1) is 12.4 Å². The summed E-state index contributed by atoms with van der Waals surface area (Å²) in [5, 5.41) is 3.34. The summed E-state index contributed by atoms with van der Waals surface area (Å²) in [7, 11) is 3.36. The molecule has 1 fully saturated rings. The molecular weight excluding hydrogens is 280 g/mol. The molecule has 1 N–H and O–H groups in total. The van der Waals surface area contributed by atoms with E-state index in [9.17, 15) is 4.79 Å². The van der Waals surface area contributed by atoms with Gasteiger partial charge in [0.05, 0.1) is 6.61 Å². The monoisotopic (exact) mass is 308 g/mol. The predicted molar refractivity (Wildman–Crippen MR) is 82.4 cm³/mol. The van der Waals surface area contributed by atoms with Crippen LogP contribution in [0.4, 0.5) is 0 Å². The first-order valence-electron chi connectivity index (χ1n) is 7.24. The van der Waals surface area contributed by atoms with Crippen LogP contribution in [0.2, 0.25) is 0 Å². The first-order chi connectivity index (χ1) is 9.27. The lowest BCUT2D eigenvalue weighted by Crippen LogP contribution is -2.35. The largest absolute Gasteiger partial charge is 0.385 e. The minimum Gasteiger partial charge on any atom is -0.385 e. The molecule has 1 saturated heterocycles. The van der Waals surface area contributed by atoms with Gasteiger partial charge in [0.25, 0.3) is 0 Å². The summed E-state index contributed by atoms with van der Waals surface area (Å²) < 4.78 is 10.1. The lowest BCUT2D eigenvalue weighted by molar-refractivity contribution is -0.132. The summed E-state index contributed by atoms with van der Waals surface area (Å²) in [5.41, 5.74) is 0. The Balaban J connectivity index is 0.00000361. The van der Waals surface area contributed by atoms with Crippen molar-refractivity contribution in [2.24, 2.45) is 5.92 Å². The quantitative estimate of drug-likeness (QED) is 0.618. The molecule has 1 rings (SSSR count). The maximum Gasteiger partial charge on any atom is 0.222 e. The Morgan fingerprint density at radius 3 is 2.60 bits per heavy atom. The van der Waals surface area contributed by atoms with Gasteiger partial charge in [0.1, 0.15) is 0 Å². The van der Waals surface area contributed by atoms with Crippen LogP contribution in [0.3, 0.4) is 0 Å². The highest BCUT2D eigenvalue weighted by molar-refractivity contribution is 5.85. The normalized spacial score (nSPS) is 17.8. The predicted octanol–water partition coefficient (Wildman–Crippen LogP) is 1.31. The van der Waals surface area contributed by atoms with E-state index in [1.54, 1.807) is 14.2 Å². The van der Waals surface area contributed by atoms with Crippen LogP contribution in [-0.2, 0) is 14.3 Å². The Labute approximate surface area is 128 Å². The van der Waals surface area contributed by atoms with Gasteiger partial charge in [-0.3, -0.25) is 4.79 Å². The standard InChI is InChI=1S/C14H28N2O3.ClH/c1-18-10-3-8-16(9-11-19-2)14(17)5-4-13-6-7-15-12-13;/h13,15H,3-12H2,1-2H3;1H. The number of nitrogens with zero attached hydrogens (tertiary/aromatic N) is 1. The molecule has 0 saturated carbocycles. The van der Waals surface area contributed by atoms with E-state index >= 15 is 0 Å². The number of methoxy groups -OCH3 is 2. The van der Waals surface area contributed by atoms with E-state index in [0.717, 1.165) is 32.5 Å². The van der Waals surface area contributed by atoms with Crippen LogP contribution in [0.15, 0.2) is 0 Å². The second-order valence-electron chi connectivity index (χ2n) is 5.12. The van der Waals surface area contributed by atoms with Crippen molar-refractivity contribution >= 4 is 18.3 Å². The molecular formula is C14H29ClN2O3. The maximum atomic E-state index is 12.2.